The molecule has 0 fully saturated rings. The second kappa shape index (κ2) is 10.6. The number of hydrogen-bond acceptors (Lipinski definition) is 4. The maximum absolute atomic E-state index is 13.5. The van der Waals surface area contributed by atoms with E-state index in [1.165, 1.54) is 17.0 Å². The Bertz CT molecular complexity index is 1360. The Hall–Kier alpha value is -4.58. The maximum Gasteiger partial charge on any atom is 0.410 e. The first-order valence-electron chi connectivity index (χ1n) is 12.2. The number of rotatable bonds is 8. The summed E-state index contributed by atoms with van der Waals surface area (Å²) in [6.07, 6.45) is -0.607. The number of phenols is 1. The van der Waals surface area contributed by atoms with Gasteiger partial charge >= 0.3 is 12.1 Å². The zero-order valence-corrected chi connectivity index (χ0v) is 20.2. The molecule has 0 heterocycles. The smallest absolute Gasteiger partial charge is 0.410 e. The highest BCUT2D eigenvalue weighted by atomic mass is 16.6. The number of fused-ring (bicyclic) bond motifs is 3. The van der Waals surface area contributed by atoms with E-state index in [0.29, 0.717) is 5.56 Å². The van der Waals surface area contributed by atoms with E-state index in [0.717, 1.165) is 27.8 Å². The Morgan fingerprint density at radius 2 is 1.32 bits per heavy atom. The minimum absolute atomic E-state index is 0.0760. The summed E-state index contributed by atoms with van der Waals surface area (Å²) in [6, 6.07) is 30.6. The molecule has 4 aromatic carbocycles. The largest absolute Gasteiger partial charge is 0.508 e. The molecule has 1 atom stereocenters. The third-order valence-electron chi connectivity index (χ3n) is 6.79. The summed E-state index contributed by atoms with van der Waals surface area (Å²) >= 11 is 0. The van der Waals surface area contributed by atoms with Gasteiger partial charge in [0.2, 0.25) is 0 Å². The van der Waals surface area contributed by atoms with Gasteiger partial charge in [-0.25, -0.2) is 9.59 Å². The molecule has 0 aliphatic heterocycles. The fraction of sp³-hybridized carbons (Fsp3) is 0.161. The molecule has 6 nitrogen and oxygen atoms in total. The van der Waals surface area contributed by atoms with Crippen LogP contribution in [0.25, 0.3) is 11.1 Å². The number of carboxylic acids is 1. The molecule has 0 radical (unpaired) electrons. The summed E-state index contributed by atoms with van der Waals surface area (Å²) in [7, 11) is 0. The molecule has 1 amide bonds. The molecule has 2 N–H and O–H groups in total. The van der Waals surface area contributed by atoms with Crippen LogP contribution in [-0.2, 0) is 22.5 Å². The van der Waals surface area contributed by atoms with Crippen LogP contribution in [0, 0.1) is 0 Å². The van der Waals surface area contributed by atoms with Gasteiger partial charge in [0.1, 0.15) is 18.4 Å². The molecule has 0 saturated heterocycles. The fourth-order valence-electron chi connectivity index (χ4n) is 4.95. The number of carboxylic acid groups (broad SMARTS) is 1. The summed E-state index contributed by atoms with van der Waals surface area (Å²) in [5.41, 5.74) is 5.91. The average molecular weight is 494 g/mol. The van der Waals surface area contributed by atoms with Gasteiger partial charge in [-0.2, -0.15) is 0 Å². The zero-order chi connectivity index (χ0) is 25.8. The van der Waals surface area contributed by atoms with E-state index in [9.17, 15) is 19.8 Å². The summed E-state index contributed by atoms with van der Waals surface area (Å²) < 4.78 is 5.85. The Morgan fingerprint density at radius 1 is 0.757 bits per heavy atom. The van der Waals surface area contributed by atoms with Crippen LogP contribution in [-0.4, -0.2) is 39.8 Å². The van der Waals surface area contributed by atoms with Gasteiger partial charge < -0.3 is 14.9 Å². The molecule has 4 aromatic rings. The first-order valence-corrected chi connectivity index (χ1v) is 12.2. The van der Waals surface area contributed by atoms with Crippen molar-refractivity contribution >= 4 is 12.1 Å². The van der Waals surface area contributed by atoms with Crippen molar-refractivity contribution in [2.75, 3.05) is 6.61 Å². The molecule has 1 aliphatic rings. The van der Waals surface area contributed by atoms with Gasteiger partial charge in [0.05, 0.1) is 0 Å². The van der Waals surface area contributed by atoms with Crippen molar-refractivity contribution in [1.29, 1.82) is 0 Å². The molecule has 6 heteroatoms. The summed E-state index contributed by atoms with van der Waals surface area (Å²) in [5, 5.41) is 19.7. The van der Waals surface area contributed by atoms with Gasteiger partial charge in [-0.05, 0) is 45.5 Å². The fourth-order valence-corrected chi connectivity index (χ4v) is 4.95. The molecular formula is C31H27NO5. The number of nitrogens with zero attached hydrogens (tertiary/aromatic N) is 1. The van der Waals surface area contributed by atoms with Gasteiger partial charge in [-0.3, -0.25) is 4.90 Å². The lowest BCUT2D eigenvalue weighted by molar-refractivity contribution is -0.143. The van der Waals surface area contributed by atoms with E-state index in [4.69, 9.17) is 4.74 Å². The van der Waals surface area contributed by atoms with Crippen LogP contribution < -0.4 is 0 Å². The van der Waals surface area contributed by atoms with Crippen LogP contribution in [0.15, 0.2) is 103 Å². The minimum Gasteiger partial charge on any atom is -0.508 e. The number of hydrogen-bond donors (Lipinski definition) is 2. The number of benzene rings is 4. The second-order valence-corrected chi connectivity index (χ2v) is 9.14. The first kappa shape index (κ1) is 24.1. The zero-order valence-electron chi connectivity index (χ0n) is 20.2. The minimum atomic E-state index is -1.15. The molecule has 0 bridgehead atoms. The number of ether oxygens (including phenoxy) is 1. The van der Waals surface area contributed by atoms with Gasteiger partial charge in [0.15, 0.2) is 0 Å². The lowest BCUT2D eigenvalue weighted by atomic mass is 9.98. The molecule has 0 aromatic heterocycles. The molecular weight excluding hydrogens is 466 g/mol. The van der Waals surface area contributed by atoms with Crippen LogP contribution in [0.3, 0.4) is 0 Å². The number of aliphatic carboxylic acids is 1. The third kappa shape index (κ3) is 5.19. The van der Waals surface area contributed by atoms with Crippen molar-refractivity contribution < 1.29 is 24.5 Å². The standard InChI is InChI=1S/C31H27NO5/c33-23-16-14-21(15-17-23)18-29(30(34)35)32(19-22-8-2-1-3-9-22)31(36)37-20-28-26-12-6-4-10-24(26)25-11-5-7-13-27(25)28/h1-17,28-29,33H,18-20H2,(H,34,35)/t29-/m0/s1. The van der Waals surface area contributed by atoms with Gasteiger partial charge in [-0.15, -0.1) is 0 Å². The lowest BCUT2D eigenvalue weighted by Crippen LogP contribution is -2.46. The monoisotopic (exact) mass is 493 g/mol. The van der Waals surface area contributed by atoms with E-state index in [1.807, 2.05) is 66.7 Å². The van der Waals surface area contributed by atoms with Crippen molar-refractivity contribution in [3.63, 3.8) is 0 Å². The molecule has 5 rings (SSSR count). The van der Waals surface area contributed by atoms with E-state index < -0.39 is 18.1 Å². The summed E-state index contributed by atoms with van der Waals surface area (Å²) in [6.45, 7) is 0.191. The third-order valence-corrected chi connectivity index (χ3v) is 6.79. The maximum atomic E-state index is 13.5. The molecule has 0 unspecified atom stereocenters. The first-order chi connectivity index (χ1) is 18.0. The molecule has 1 aliphatic carbocycles. The number of amides is 1. The highest BCUT2D eigenvalue weighted by Gasteiger charge is 2.34. The predicted octanol–water partition coefficient (Wildman–Crippen LogP) is 5.84. The van der Waals surface area contributed by atoms with Crippen LogP contribution in [0.1, 0.15) is 28.2 Å². The highest BCUT2D eigenvalue weighted by Crippen LogP contribution is 2.44. The SMILES string of the molecule is O=C(O)[C@H](Cc1ccc(O)cc1)N(Cc1ccccc1)C(=O)OCC1c2ccccc2-c2ccccc21. The number of carbonyl (C=O) groups excluding carboxylic acids is 1. The highest BCUT2D eigenvalue weighted by molar-refractivity contribution is 5.81. The Morgan fingerprint density at radius 3 is 1.92 bits per heavy atom. The van der Waals surface area contributed by atoms with Crippen molar-refractivity contribution in [3.8, 4) is 16.9 Å². The quantitative estimate of drug-likeness (QED) is 0.322. The number of aromatic hydroxyl groups is 1. The Kier molecular flexibility index (Phi) is 6.90. The Balaban J connectivity index is 1.40. The normalized spacial score (nSPS) is 12.9. The topological polar surface area (TPSA) is 87.1 Å². The molecule has 0 saturated carbocycles. The van der Waals surface area contributed by atoms with Crippen molar-refractivity contribution in [1.82, 2.24) is 4.90 Å². The summed E-state index contributed by atoms with van der Waals surface area (Å²) in [4.78, 5) is 27.2. The van der Waals surface area contributed by atoms with Crippen LogP contribution in [0.5, 0.6) is 5.75 Å². The lowest BCUT2D eigenvalue weighted by Gasteiger charge is -2.29. The van der Waals surface area contributed by atoms with E-state index >= 15 is 0 Å². The van der Waals surface area contributed by atoms with E-state index in [-0.39, 0.29) is 31.2 Å². The Labute approximate surface area is 215 Å². The van der Waals surface area contributed by atoms with Gasteiger partial charge in [0, 0.05) is 18.9 Å². The number of phenolic OH excluding ortho intramolecular Hbond substituents is 1. The van der Waals surface area contributed by atoms with Crippen LogP contribution in [0.2, 0.25) is 0 Å². The number of carbonyl (C=O) groups is 2. The summed E-state index contributed by atoms with van der Waals surface area (Å²) in [5.74, 6) is -1.17. The average Bonchev–Trinajstić information content (AvgIpc) is 3.24. The van der Waals surface area contributed by atoms with Gasteiger partial charge in [0.25, 0.3) is 0 Å². The molecule has 0 spiro atoms. The second-order valence-electron chi connectivity index (χ2n) is 9.14. The van der Waals surface area contributed by atoms with Crippen LogP contribution >= 0.6 is 0 Å². The van der Waals surface area contributed by atoms with Crippen molar-refractivity contribution in [2.24, 2.45) is 0 Å². The van der Waals surface area contributed by atoms with Gasteiger partial charge in [-0.1, -0.05) is 91.0 Å². The van der Waals surface area contributed by atoms with E-state index in [1.54, 1.807) is 12.1 Å². The van der Waals surface area contributed by atoms with Crippen LogP contribution in [0.4, 0.5) is 4.79 Å². The van der Waals surface area contributed by atoms with Crippen molar-refractivity contribution in [3.05, 3.63) is 125 Å². The molecule has 186 valence electrons. The van der Waals surface area contributed by atoms with Crippen molar-refractivity contribution in [2.45, 2.75) is 24.9 Å². The van der Waals surface area contributed by atoms with E-state index in [2.05, 4.69) is 12.1 Å². The predicted molar refractivity (Wildman–Crippen MR) is 140 cm³/mol. The molecule has 37 heavy (non-hydrogen) atoms.